The lowest BCUT2D eigenvalue weighted by Gasteiger charge is -2.07. The topological polar surface area (TPSA) is 86.1 Å². The number of fused-ring (bicyclic) bond motifs is 1. The average molecular weight is 429 g/mol. The number of halogens is 1. The maximum atomic E-state index is 12.8. The summed E-state index contributed by atoms with van der Waals surface area (Å²) < 4.78 is 50.5. The van der Waals surface area contributed by atoms with Crippen molar-refractivity contribution in [3.8, 4) is 0 Å². The number of hydrogen-bond donors (Lipinski definition) is 0. The van der Waals surface area contributed by atoms with E-state index in [1.54, 1.807) is 12.1 Å². The third-order valence-electron chi connectivity index (χ3n) is 3.54. The molecule has 3 rings (SSSR count). The van der Waals surface area contributed by atoms with Crippen molar-refractivity contribution in [3.63, 3.8) is 0 Å². The molecule has 0 aliphatic rings. The Hall–Kier alpha value is -1.71. The van der Waals surface area contributed by atoms with Crippen LogP contribution in [0.2, 0.25) is 0 Å². The molecule has 0 unspecified atom stereocenters. The molecule has 0 radical (unpaired) electrons. The van der Waals surface area contributed by atoms with Gasteiger partial charge in [-0.1, -0.05) is 17.7 Å². The molecule has 0 saturated heterocycles. The highest BCUT2D eigenvalue weighted by atomic mass is 79.9. The van der Waals surface area contributed by atoms with Crippen LogP contribution in [-0.2, 0) is 19.9 Å². The van der Waals surface area contributed by atoms with E-state index in [0.29, 0.717) is 9.86 Å². The van der Waals surface area contributed by atoms with Gasteiger partial charge in [-0.2, -0.15) is 0 Å². The van der Waals surface area contributed by atoms with Crippen molar-refractivity contribution in [2.45, 2.75) is 16.7 Å². The lowest BCUT2D eigenvalue weighted by Crippen LogP contribution is -2.12. The Labute approximate surface area is 148 Å². The fourth-order valence-corrected chi connectivity index (χ4v) is 4.77. The van der Waals surface area contributed by atoms with Crippen molar-refractivity contribution < 1.29 is 16.8 Å². The smallest absolute Gasteiger partial charge is 0.236 e. The molecule has 24 heavy (non-hydrogen) atoms. The van der Waals surface area contributed by atoms with E-state index in [9.17, 15) is 16.8 Å². The van der Waals surface area contributed by atoms with Crippen LogP contribution in [0.25, 0.3) is 11.0 Å². The van der Waals surface area contributed by atoms with E-state index >= 15 is 0 Å². The number of benzene rings is 1. The van der Waals surface area contributed by atoms with Gasteiger partial charge < -0.3 is 0 Å². The van der Waals surface area contributed by atoms with Crippen LogP contribution in [-0.4, -0.2) is 32.0 Å². The molecule has 0 spiro atoms. The Kier molecular flexibility index (Phi) is 4.05. The number of rotatable bonds is 3. The van der Waals surface area contributed by atoms with Crippen LogP contribution < -0.4 is 0 Å². The molecular weight excluding hydrogens is 416 g/mol. The van der Waals surface area contributed by atoms with Crippen molar-refractivity contribution in [2.75, 3.05) is 6.26 Å². The molecular formula is C15H13BrN2O4S2. The van der Waals surface area contributed by atoms with Gasteiger partial charge in [-0.15, -0.1) is 0 Å². The minimum absolute atomic E-state index is 0.0289. The molecule has 2 heterocycles. The molecule has 0 N–H and O–H groups in total. The van der Waals surface area contributed by atoms with Gasteiger partial charge in [-0.05, 0) is 41.1 Å². The minimum Gasteiger partial charge on any atom is -0.236 e. The summed E-state index contributed by atoms with van der Waals surface area (Å²) in [4.78, 5) is 4.21. The van der Waals surface area contributed by atoms with Crippen molar-refractivity contribution in [2.24, 2.45) is 0 Å². The summed E-state index contributed by atoms with van der Waals surface area (Å²) in [5.74, 6) is 0. The molecule has 0 saturated carbocycles. The Bertz CT molecular complexity index is 1150. The first-order valence-electron chi connectivity index (χ1n) is 6.79. The molecule has 0 amide bonds. The molecule has 0 aliphatic heterocycles. The Morgan fingerprint density at radius 1 is 1.04 bits per heavy atom. The number of pyridine rings is 1. The van der Waals surface area contributed by atoms with Crippen LogP contribution >= 0.6 is 15.9 Å². The summed E-state index contributed by atoms with van der Waals surface area (Å²) in [6, 6.07) is 7.87. The molecule has 9 heteroatoms. The molecule has 0 bridgehead atoms. The zero-order valence-corrected chi connectivity index (χ0v) is 16.0. The van der Waals surface area contributed by atoms with E-state index in [1.807, 2.05) is 6.92 Å². The quantitative estimate of drug-likeness (QED) is 0.639. The highest BCUT2D eigenvalue weighted by Gasteiger charge is 2.22. The monoisotopic (exact) mass is 428 g/mol. The highest BCUT2D eigenvalue weighted by Crippen LogP contribution is 2.30. The fourth-order valence-electron chi connectivity index (χ4n) is 2.23. The Morgan fingerprint density at radius 2 is 1.67 bits per heavy atom. The zero-order chi connectivity index (χ0) is 17.7. The first-order valence-corrected chi connectivity index (χ1v) is 10.9. The first kappa shape index (κ1) is 17.1. The highest BCUT2D eigenvalue weighted by molar-refractivity contribution is 9.10. The van der Waals surface area contributed by atoms with Gasteiger partial charge >= 0.3 is 0 Å². The number of sulfone groups is 1. The third-order valence-corrected chi connectivity index (χ3v) is 6.92. The van der Waals surface area contributed by atoms with Crippen LogP contribution in [0.15, 0.2) is 57.0 Å². The SMILES string of the molecule is Cc1ccc(S(=O)(=O)n2cc(Br)c3cc(S(C)(=O)=O)cnc32)cc1. The summed E-state index contributed by atoms with van der Waals surface area (Å²) in [6.07, 6.45) is 3.61. The van der Waals surface area contributed by atoms with Gasteiger partial charge in [0.05, 0.1) is 9.79 Å². The Morgan fingerprint density at radius 3 is 2.25 bits per heavy atom. The number of nitrogens with zero attached hydrogens (tertiary/aromatic N) is 2. The summed E-state index contributed by atoms with van der Waals surface area (Å²) in [5.41, 5.74) is 1.11. The third kappa shape index (κ3) is 2.87. The predicted molar refractivity (Wildman–Crippen MR) is 94.3 cm³/mol. The van der Waals surface area contributed by atoms with Crippen LogP contribution in [0.1, 0.15) is 5.56 Å². The second kappa shape index (κ2) is 5.68. The van der Waals surface area contributed by atoms with Crippen LogP contribution in [0.4, 0.5) is 0 Å². The Balaban J connectivity index is 2.26. The molecule has 6 nitrogen and oxygen atoms in total. The fraction of sp³-hybridized carbons (Fsp3) is 0.133. The van der Waals surface area contributed by atoms with Gasteiger partial charge in [-0.3, -0.25) is 0 Å². The van der Waals surface area contributed by atoms with Gasteiger partial charge in [0.15, 0.2) is 15.5 Å². The van der Waals surface area contributed by atoms with Crippen LogP contribution in [0.3, 0.4) is 0 Å². The molecule has 1 aromatic carbocycles. The molecule has 0 atom stereocenters. The summed E-state index contributed by atoms with van der Waals surface area (Å²) >= 11 is 3.28. The summed E-state index contributed by atoms with van der Waals surface area (Å²) in [6.45, 7) is 1.87. The lowest BCUT2D eigenvalue weighted by molar-refractivity contribution is 0.588. The molecule has 0 fully saturated rings. The standard InChI is InChI=1S/C15H13BrN2O4S2/c1-10-3-5-11(6-4-10)24(21,22)18-9-14(16)13-7-12(23(2,19)20)8-17-15(13)18/h3-9H,1-2H3. The number of hydrogen-bond acceptors (Lipinski definition) is 5. The second-order valence-corrected chi connectivity index (χ2v) is 10.1. The van der Waals surface area contributed by atoms with Crippen molar-refractivity contribution in [3.05, 3.63) is 52.8 Å². The number of aryl methyl sites for hydroxylation is 1. The summed E-state index contributed by atoms with van der Waals surface area (Å²) in [5, 5.41) is 0.411. The predicted octanol–water partition coefficient (Wildman–Crippen LogP) is 2.75. The van der Waals surface area contributed by atoms with Crippen molar-refractivity contribution in [1.82, 2.24) is 8.96 Å². The van der Waals surface area contributed by atoms with Gasteiger partial charge in [0, 0.05) is 28.5 Å². The maximum absolute atomic E-state index is 12.8. The average Bonchev–Trinajstić information content (AvgIpc) is 2.84. The minimum atomic E-state index is -3.84. The van der Waals surface area contributed by atoms with E-state index in [-0.39, 0.29) is 15.4 Å². The second-order valence-electron chi connectivity index (χ2n) is 5.41. The number of aromatic nitrogens is 2. The van der Waals surface area contributed by atoms with Gasteiger partial charge in [0.25, 0.3) is 10.0 Å². The molecule has 3 aromatic rings. The van der Waals surface area contributed by atoms with Gasteiger partial charge in [-0.25, -0.2) is 25.8 Å². The maximum Gasteiger partial charge on any atom is 0.269 e. The van der Waals surface area contributed by atoms with Crippen molar-refractivity contribution in [1.29, 1.82) is 0 Å². The summed E-state index contributed by atoms with van der Waals surface area (Å²) in [7, 11) is -7.27. The molecule has 126 valence electrons. The van der Waals surface area contributed by atoms with E-state index in [2.05, 4.69) is 20.9 Å². The molecule has 0 aliphatic carbocycles. The van der Waals surface area contributed by atoms with Crippen LogP contribution in [0, 0.1) is 6.92 Å². The normalized spacial score (nSPS) is 12.6. The van der Waals surface area contributed by atoms with Gasteiger partial charge in [0.2, 0.25) is 0 Å². The largest absolute Gasteiger partial charge is 0.269 e. The molecule has 2 aromatic heterocycles. The van der Waals surface area contributed by atoms with Crippen molar-refractivity contribution >= 4 is 46.8 Å². The zero-order valence-electron chi connectivity index (χ0n) is 12.8. The van der Waals surface area contributed by atoms with E-state index in [0.717, 1.165) is 22.0 Å². The first-order chi connectivity index (χ1) is 11.1. The van der Waals surface area contributed by atoms with E-state index in [4.69, 9.17) is 0 Å². The van der Waals surface area contributed by atoms with E-state index < -0.39 is 19.9 Å². The van der Waals surface area contributed by atoms with Gasteiger partial charge in [0.1, 0.15) is 0 Å². The van der Waals surface area contributed by atoms with E-state index in [1.165, 1.54) is 24.4 Å². The lowest BCUT2D eigenvalue weighted by atomic mass is 10.2. The van der Waals surface area contributed by atoms with Crippen LogP contribution in [0.5, 0.6) is 0 Å².